The molecule has 0 saturated carbocycles. The lowest BCUT2D eigenvalue weighted by molar-refractivity contribution is 0.1000. The van der Waals surface area contributed by atoms with Crippen LogP contribution >= 0.6 is 0 Å². The molecule has 1 aromatic carbocycles. The molecule has 3 heteroatoms. The van der Waals surface area contributed by atoms with E-state index < -0.39 is 0 Å². The molecule has 0 aliphatic heterocycles. The second kappa shape index (κ2) is 7.69. The topological polar surface area (TPSA) is 48.0 Å². The van der Waals surface area contributed by atoms with E-state index in [1.807, 2.05) is 19.1 Å². The van der Waals surface area contributed by atoms with Gasteiger partial charge in [0.05, 0.1) is 5.56 Å². The lowest BCUT2D eigenvalue weighted by Crippen LogP contribution is -2.14. The molecule has 0 aliphatic carbocycles. The Balaban J connectivity index is 2.73. The molecule has 2 aromatic rings. The maximum atomic E-state index is 12.2. The number of amides is 1. The highest BCUT2D eigenvalue weighted by Gasteiger charge is 2.24. The van der Waals surface area contributed by atoms with E-state index in [4.69, 9.17) is 5.73 Å². The Kier molecular flexibility index (Phi) is 5.87. The van der Waals surface area contributed by atoms with Gasteiger partial charge >= 0.3 is 0 Å². The highest BCUT2D eigenvalue weighted by Crippen LogP contribution is 2.35. The number of nitrogens with zero attached hydrogens (tertiary/aromatic N) is 1. The third-order valence-corrected chi connectivity index (χ3v) is 4.71. The third kappa shape index (κ3) is 3.55. The number of benzene rings is 1. The zero-order valence-electron chi connectivity index (χ0n) is 15.6. The smallest absolute Gasteiger partial charge is 0.251 e. The molecule has 130 valence electrons. The molecule has 1 heterocycles. The number of carbonyl (C=O) groups excluding carboxylic acids is 1. The molecule has 2 rings (SSSR count). The van der Waals surface area contributed by atoms with Gasteiger partial charge < -0.3 is 10.3 Å². The summed E-state index contributed by atoms with van der Waals surface area (Å²) < 4.78 is 2.32. The Hall–Kier alpha value is -2.03. The minimum Gasteiger partial charge on any atom is -0.366 e. The largest absolute Gasteiger partial charge is 0.366 e. The van der Waals surface area contributed by atoms with Crippen LogP contribution in [0.5, 0.6) is 0 Å². The Bertz CT molecular complexity index is 726. The van der Waals surface area contributed by atoms with Crippen LogP contribution in [-0.2, 0) is 13.0 Å². The number of hydrogen-bond acceptors (Lipinski definition) is 1. The minimum atomic E-state index is -0.327. The fourth-order valence-corrected chi connectivity index (χ4v) is 3.43. The van der Waals surface area contributed by atoms with E-state index in [0.29, 0.717) is 11.5 Å². The number of carbonyl (C=O) groups is 1. The summed E-state index contributed by atoms with van der Waals surface area (Å²) in [6, 6.07) is 8.26. The maximum Gasteiger partial charge on any atom is 0.251 e. The van der Waals surface area contributed by atoms with Crippen LogP contribution in [0.1, 0.15) is 60.9 Å². The summed E-state index contributed by atoms with van der Waals surface area (Å²) in [5, 5.41) is 0. The predicted molar refractivity (Wildman–Crippen MR) is 101 cm³/mol. The second-order valence-corrected chi connectivity index (χ2v) is 7.05. The first-order valence-corrected chi connectivity index (χ1v) is 8.96. The summed E-state index contributed by atoms with van der Waals surface area (Å²) in [7, 11) is 0. The van der Waals surface area contributed by atoms with Crippen molar-refractivity contribution in [1.82, 2.24) is 4.57 Å². The summed E-state index contributed by atoms with van der Waals surface area (Å²) in [4.78, 5) is 12.2. The molecule has 0 spiro atoms. The lowest BCUT2D eigenvalue weighted by atomic mass is 9.94. The van der Waals surface area contributed by atoms with Gasteiger partial charge in [0.15, 0.2) is 0 Å². The van der Waals surface area contributed by atoms with E-state index in [1.165, 1.54) is 11.3 Å². The molecule has 2 N–H and O–H groups in total. The van der Waals surface area contributed by atoms with Crippen LogP contribution in [0, 0.1) is 19.8 Å². The second-order valence-electron chi connectivity index (χ2n) is 7.05. The SMILES string of the molecule is CCCc1c(-c2ccccc2C)c(C(N)=O)c(C)n1CCC(C)C. The van der Waals surface area contributed by atoms with E-state index in [0.717, 1.165) is 42.6 Å². The average Bonchev–Trinajstić information content (AvgIpc) is 2.78. The molecule has 0 fully saturated rings. The molecule has 0 radical (unpaired) electrons. The summed E-state index contributed by atoms with van der Waals surface area (Å²) in [5.41, 5.74) is 12.1. The molecule has 1 aromatic heterocycles. The van der Waals surface area contributed by atoms with Gasteiger partial charge in [-0.2, -0.15) is 0 Å². The van der Waals surface area contributed by atoms with Gasteiger partial charge in [-0.25, -0.2) is 0 Å². The first-order valence-electron chi connectivity index (χ1n) is 8.96. The number of nitrogens with two attached hydrogens (primary N) is 1. The predicted octanol–water partition coefficient (Wildman–Crippen LogP) is 4.87. The fraction of sp³-hybridized carbons (Fsp3) is 0.476. The van der Waals surface area contributed by atoms with Crippen LogP contribution < -0.4 is 5.73 Å². The van der Waals surface area contributed by atoms with Crippen molar-refractivity contribution in [3.05, 3.63) is 46.8 Å². The van der Waals surface area contributed by atoms with Crippen LogP contribution in [0.25, 0.3) is 11.1 Å². The van der Waals surface area contributed by atoms with E-state index in [1.54, 1.807) is 0 Å². The molecule has 3 nitrogen and oxygen atoms in total. The Morgan fingerprint density at radius 3 is 2.42 bits per heavy atom. The van der Waals surface area contributed by atoms with E-state index in [2.05, 4.69) is 44.4 Å². The number of aryl methyl sites for hydroxylation is 1. The zero-order chi connectivity index (χ0) is 17.9. The van der Waals surface area contributed by atoms with Crippen LogP contribution in [0.4, 0.5) is 0 Å². The highest BCUT2D eigenvalue weighted by atomic mass is 16.1. The van der Waals surface area contributed by atoms with Gasteiger partial charge in [-0.1, -0.05) is 51.5 Å². The molecule has 0 saturated heterocycles. The molecule has 0 aliphatic rings. The minimum absolute atomic E-state index is 0.327. The molecular weight excluding hydrogens is 296 g/mol. The zero-order valence-corrected chi connectivity index (χ0v) is 15.6. The molecular formula is C21H30N2O. The van der Waals surface area contributed by atoms with E-state index in [9.17, 15) is 4.79 Å². The number of aromatic nitrogens is 1. The molecule has 0 unspecified atom stereocenters. The Morgan fingerprint density at radius 2 is 1.88 bits per heavy atom. The molecule has 0 atom stereocenters. The normalized spacial score (nSPS) is 11.2. The monoisotopic (exact) mass is 326 g/mol. The van der Waals surface area contributed by atoms with Gasteiger partial charge in [-0.05, 0) is 43.7 Å². The van der Waals surface area contributed by atoms with Crippen molar-refractivity contribution in [2.24, 2.45) is 11.7 Å². The highest BCUT2D eigenvalue weighted by molar-refractivity contribution is 6.02. The maximum absolute atomic E-state index is 12.2. The van der Waals surface area contributed by atoms with Gasteiger partial charge in [-0.3, -0.25) is 4.79 Å². The summed E-state index contributed by atoms with van der Waals surface area (Å²) >= 11 is 0. The fourth-order valence-electron chi connectivity index (χ4n) is 3.43. The van der Waals surface area contributed by atoms with Crippen molar-refractivity contribution >= 4 is 5.91 Å². The quantitative estimate of drug-likeness (QED) is 0.775. The summed E-state index contributed by atoms with van der Waals surface area (Å²) in [6.45, 7) is 11.7. The van der Waals surface area contributed by atoms with Gasteiger partial charge in [0.1, 0.15) is 0 Å². The van der Waals surface area contributed by atoms with Gasteiger partial charge in [0.25, 0.3) is 5.91 Å². The Morgan fingerprint density at radius 1 is 1.21 bits per heavy atom. The molecule has 1 amide bonds. The first-order chi connectivity index (χ1) is 11.4. The van der Waals surface area contributed by atoms with Crippen LogP contribution in [-0.4, -0.2) is 10.5 Å². The van der Waals surface area contributed by atoms with Crippen molar-refractivity contribution in [3.8, 4) is 11.1 Å². The number of hydrogen-bond donors (Lipinski definition) is 1. The summed E-state index contributed by atoms with van der Waals surface area (Å²) in [6.07, 6.45) is 3.09. The van der Waals surface area contributed by atoms with Crippen molar-refractivity contribution < 1.29 is 4.79 Å². The lowest BCUT2D eigenvalue weighted by Gasteiger charge is -2.14. The van der Waals surface area contributed by atoms with Crippen molar-refractivity contribution in [1.29, 1.82) is 0 Å². The molecule has 0 bridgehead atoms. The Labute approximate surface area is 145 Å². The van der Waals surface area contributed by atoms with Gasteiger partial charge in [0.2, 0.25) is 0 Å². The van der Waals surface area contributed by atoms with Gasteiger partial charge in [-0.15, -0.1) is 0 Å². The van der Waals surface area contributed by atoms with E-state index in [-0.39, 0.29) is 5.91 Å². The van der Waals surface area contributed by atoms with Crippen molar-refractivity contribution in [2.45, 2.75) is 60.4 Å². The van der Waals surface area contributed by atoms with Crippen LogP contribution in [0.3, 0.4) is 0 Å². The molecule has 24 heavy (non-hydrogen) atoms. The summed E-state index contributed by atoms with van der Waals surface area (Å²) in [5.74, 6) is 0.298. The first kappa shape index (κ1) is 18.3. The van der Waals surface area contributed by atoms with Crippen molar-refractivity contribution in [2.75, 3.05) is 0 Å². The van der Waals surface area contributed by atoms with Crippen LogP contribution in [0.15, 0.2) is 24.3 Å². The number of rotatable bonds is 7. The van der Waals surface area contributed by atoms with Crippen molar-refractivity contribution in [3.63, 3.8) is 0 Å². The van der Waals surface area contributed by atoms with Gasteiger partial charge in [0, 0.05) is 23.5 Å². The standard InChI is InChI=1S/C21H30N2O/c1-6-9-18-20(17-11-8-7-10-15(17)4)19(21(22)24)16(5)23(18)13-12-14(2)3/h7-8,10-11,14H,6,9,12-13H2,1-5H3,(H2,22,24). The van der Waals surface area contributed by atoms with E-state index >= 15 is 0 Å². The third-order valence-electron chi connectivity index (χ3n) is 4.71. The average molecular weight is 326 g/mol. The van der Waals surface area contributed by atoms with Crippen LogP contribution in [0.2, 0.25) is 0 Å². The number of primary amides is 1.